The fourth-order valence-electron chi connectivity index (χ4n) is 8.41. The molecule has 1 aliphatic carbocycles. The number of ether oxygens (including phenoxy) is 4. The molecule has 5 aromatic rings. The number of aliphatic hydroxyl groups is 1. The van der Waals surface area contributed by atoms with Crippen molar-refractivity contribution in [3.05, 3.63) is 191 Å². The molecule has 0 spiro atoms. The van der Waals surface area contributed by atoms with Crippen LogP contribution in [0.2, 0.25) is 0 Å². The number of aromatic hydroxyl groups is 1. The number of phenolic OH excluding ortho intramolecular Hbond substituents is 1. The molecule has 1 saturated heterocycles. The van der Waals surface area contributed by atoms with Crippen molar-refractivity contribution < 1.29 is 48.3 Å². The molecule has 348 valence electrons. The van der Waals surface area contributed by atoms with Crippen LogP contribution < -0.4 is 5.32 Å². The summed E-state index contributed by atoms with van der Waals surface area (Å²) in [5.41, 5.74) is 3.34. The Morgan fingerprint density at radius 3 is 2.09 bits per heavy atom. The van der Waals surface area contributed by atoms with Gasteiger partial charge in [-0.15, -0.1) is 0 Å². The summed E-state index contributed by atoms with van der Waals surface area (Å²) in [5, 5.41) is 23.5. The van der Waals surface area contributed by atoms with E-state index in [4.69, 9.17) is 18.9 Å². The van der Waals surface area contributed by atoms with E-state index < -0.39 is 72.1 Å². The number of aliphatic hydroxyl groups excluding tert-OH is 1. The number of carbonyl (C=O) groups is 4. The number of phenols is 1. The maximum atomic E-state index is 14.9. The fourth-order valence-corrected chi connectivity index (χ4v) is 8.41. The molecule has 0 unspecified atom stereocenters. The number of esters is 2. The lowest BCUT2D eigenvalue weighted by atomic mass is 9.90. The minimum Gasteiger partial charge on any atom is -0.508 e. The topological polar surface area (TPSA) is 161 Å². The summed E-state index contributed by atoms with van der Waals surface area (Å²) in [6.45, 7) is 4.85. The predicted molar refractivity (Wildman–Crippen MR) is 253 cm³/mol. The highest BCUT2D eigenvalue weighted by Crippen LogP contribution is 2.47. The second-order valence-electron chi connectivity index (χ2n) is 17.8. The van der Waals surface area contributed by atoms with Gasteiger partial charge in [0.05, 0.1) is 18.2 Å². The molecule has 2 aliphatic rings. The van der Waals surface area contributed by atoms with Crippen LogP contribution >= 0.6 is 0 Å². The van der Waals surface area contributed by atoms with E-state index in [1.165, 1.54) is 4.90 Å². The van der Waals surface area contributed by atoms with Gasteiger partial charge in [-0.2, -0.15) is 0 Å². The third kappa shape index (κ3) is 11.9. The Morgan fingerprint density at radius 1 is 0.836 bits per heavy atom. The number of amides is 2. The largest absolute Gasteiger partial charge is 0.508 e. The number of nitrogens with one attached hydrogen (secondary N) is 1. The summed E-state index contributed by atoms with van der Waals surface area (Å²) in [7, 11) is 1.54. The van der Waals surface area contributed by atoms with Gasteiger partial charge in [-0.1, -0.05) is 140 Å². The number of carbonyl (C=O) groups excluding carboxylic acids is 4. The smallest absolute Gasteiger partial charge is 0.339 e. The summed E-state index contributed by atoms with van der Waals surface area (Å²) in [6.07, 6.45) is 3.15. The van der Waals surface area contributed by atoms with Crippen molar-refractivity contribution in [2.24, 2.45) is 0 Å². The first-order valence-corrected chi connectivity index (χ1v) is 22.6. The second kappa shape index (κ2) is 21.6. The highest BCUT2D eigenvalue weighted by atomic mass is 16.8. The van der Waals surface area contributed by atoms with Crippen LogP contribution in [0.3, 0.4) is 0 Å². The average Bonchev–Trinajstić information content (AvgIpc) is 3.74. The van der Waals surface area contributed by atoms with Gasteiger partial charge in [0.1, 0.15) is 35.7 Å². The van der Waals surface area contributed by atoms with Crippen LogP contribution in [0.5, 0.6) is 5.75 Å². The highest BCUT2D eigenvalue weighted by molar-refractivity contribution is 5.98. The van der Waals surface area contributed by atoms with E-state index in [1.807, 2.05) is 115 Å². The van der Waals surface area contributed by atoms with Crippen molar-refractivity contribution in [3.63, 3.8) is 0 Å². The number of nitrogens with zero attached hydrogens (tertiary/aromatic N) is 1. The highest BCUT2D eigenvalue weighted by Gasteiger charge is 2.55. The van der Waals surface area contributed by atoms with Gasteiger partial charge in [0, 0.05) is 43.0 Å². The molecule has 7 rings (SSSR count). The number of hydrogen-bond donors (Lipinski definition) is 3. The van der Waals surface area contributed by atoms with Gasteiger partial charge in [-0.25, -0.2) is 4.79 Å². The zero-order chi connectivity index (χ0) is 47.6. The van der Waals surface area contributed by atoms with Crippen LogP contribution in [-0.2, 0) is 52.0 Å². The van der Waals surface area contributed by atoms with Crippen molar-refractivity contribution in [2.45, 2.75) is 94.7 Å². The molecule has 3 N–H and O–H groups in total. The number of allylic oxidation sites excluding steroid dienone is 1. The van der Waals surface area contributed by atoms with Crippen LogP contribution in [-0.4, -0.2) is 88.5 Å². The molecule has 67 heavy (non-hydrogen) atoms. The molecule has 0 bridgehead atoms. The minimum atomic E-state index is -1.44. The normalized spacial score (nSPS) is 18.5. The van der Waals surface area contributed by atoms with E-state index >= 15 is 0 Å². The predicted octanol–water partition coefficient (Wildman–Crippen LogP) is 7.86. The van der Waals surface area contributed by atoms with E-state index in [2.05, 4.69) is 5.32 Å². The standard InChI is InChI=1S/C55H58N2O10/c1-54(2,3)66-49(60)32-31-43(36-58)56-51(61)45(33-37-19-8-5-9-20-37)57(4)52(62)40-34-47(64-53(63)44-29-16-14-21-38(44)23-18-24-39-22-15-17-30-46(39)59)50-48(35-40)65-55(67-50,41-25-10-6-11-26-41)42-27-12-7-13-28-42/h5-23,25-30,35,43,45,47-48,50,58-59H,24,31-34,36H2,1-4H3,(H,56,61)/t43-,45+,47+,48+,50-/m0/s1. The number of fused-ring (bicyclic) bond motifs is 1. The number of para-hydroxylation sites is 1. The van der Waals surface area contributed by atoms with Crippen LogP contribution in [0.4, 0.5) is 0 Å². The first-order chi connectivity index (χ1) is 32.2. The Morgan fingerprint density at radius 2 is 1.45 bits per heavy atom. The van der Waals surface area contributed by atoms with Gasteiger partial charge in [-0.05, 0) is 68.5 Å². The van der Waals surface area contributed by atoms with Crippen LogP contribution in [0, 0.1) is 0 Å². The zero-order valence-electron chi connectivity index (χ0n) is 38.2. The zero-order valence-corrected chi connectivity index (χ0v) is 38.2. The van der Waals surface area contributed by atoms with E-state index in [0.717, 1.165) is 11.1 Å². The van der Waals surface area contributed by atoms with Crippen molar-refractivity contribution in [3.8, 4) is 5.75 Å². The minimum absolute atomic E-state index is 0.0367. The SMILES string of the molecule is CN(C(=O)C1=C[C@H]2OC(c3ccccc3)(c3ccccc3)O[C@H]2[C@H](OC(=O)c2ccccc2C=CCc2ccccc2O)C1)[C@H](Cc1ccccc1)C(=O)N[C@H](CO)CCC(=O)OC(C)(C)C. The number of likely N-dealkylation sites (N-methyl/N-ethyl adjacent to an activating group) is 1. The first-order valence-electron chi connectivity index (χ1n) is 22.6. The summed E-state index contributed by atoms with van der Waals surface area (Å²) in [4.78, 5) is 57.5. The van der Waals surface area contributed by atoms with Crippen LogP contribution in [0.1, 0.15) is 78.2 Å². The van der Waals surface area contributed by atoms with E-state index in [1.54, 1.807) is 70.3 Å². The van der Waals surface area contributed by atoms with E-state index in [-0.39, 0.29) is 42.6 Å². The Bertz CT molecular complexity index is 2520. The number of hydrogen-bond acceptors (Lipinski definition) is 10. The molecule has 12 nitrogen and oxygen atoms in total. The van der Waals surface area contributed by atoms with Crippen LogP contribution in [0.25, 0.3) is 6.08 Å². The number of benzene rings is 5. The maximum absolute atomic E-state index is 14.9. The fraction of sp³-hybridized carbons (Fsp3) is 0.309. The van der Waals surface area contributed by atoms with Gasteiger partial charge in [-0.3, -0.25) is 14.4 Å². The Balaban J connectivity index is 1.20. The molecule has 1 fully saturated rings. The molecular weight excluding hydrogens is 849 g/mol. The quantitative estimate of drug-likeness (QED) is 0.0784. The molecule has 0 radical (unpaired) electrons. The first kappa shape index (κ1) is 48.1. The van der Waals surface area contributed by atoms with Crippen molar-refractivity contribution in [1.29, 1.82) is 0 Å². The van der Waals surface area contributed by atoms with Gasteiger partial charge < -0.3 is 39.4 Å². The molecule has 5 atom stereocenters. The van der Waals surface area contributed by atoms with Crippen molar-refractivity contribution in [1.82, 2.24) is 10.2 Å². The molecule has 5 aromatic carbocycles. The Kier molecular flexibility index (Phi) is 15.5. The monoisotopic (exact) mass is 906 g/mol. The Hall–Kier alpha value is -6.86. The Labute approximate surface area is 391 Å². The van der Waals surface area contributed by atoms with E-state index in [0.29, 0.717) is 23.1 Å². The second-order valence-corrected chi connectivity index (χ2v) is 17.8. The van der Waals surface area contributed by atoms with Gasteiger partial charge in [0.15, 0.2) is 0 Å². The summed E-state index contributed by atoms with van der Waals surface area (Å²) < 4.78 is 25.8. The third-order valence-electron chi connectivity index (χ3n) is 11.8. The summed E-state index contributed by atoms with van der Waals surface area (Å²) >= 11 is 0. The van der Waals surface area contributed by atoms with Gasteiger partial charge in [0.2, 0.25) is 17.6 Å². The molecular formula is C55H58N2O10. The molecule has 2 amide bonds. The molecule has 12 heteroatoms. The van der Waals surface area contributed by atoms with Gasteiger partial charge >= 0.3 is 11.9 Å². The average molecular weight is 907 g/mol. The van der Waals surface area contributed by atoms with Crippen molar-refractivity contribution >= 4 is 29.8 Å². The summed E-state index contributed by atoms with van der Waals surface area (Å²) in [6, 6.07) is 40.4. The third-order valence-corrected chi connectivity index (χ3v) is 11.8. The maximum Gasteiger partial charge on any atom is 0.339 e. The van der Waals surface area contributed by atoms with Crippen molar-refractivity contribution in [2.75, 3.05) is 13.7 Å². The molecule has 1 heterocycles. The van der Waals surface area contributed by atoms with E-state index in [9.17, 15) is 29.4 Å². The molecule has 0 aromatic heterocycles. The molecule has 1 aliphatic heterocycles. The lowest BCUT2D eigenvalue weighted by molar-refractivity contribution is -0.157. The van der Waals surface area contributed by atoms with Crippen LogP contribution in [0.15, 0.2) is 157 Å². The number of rotatable bonds is 17. The lowest BCUT2D eigenvalue weighted by Crippen LogP contribution is -2.53. The molecule has 0 saturated carbocycles. The van der Waals surface area contributed by atoms with Gasteiger partial charge in [0.25, 0.3) is 0 Å². The summed E-state index contributed by atoms with van der Waals surface area (Å²) in [5.74, 6) is -3.40. The lowest BCUT2D eigenvalue weighted by Gasteiger charge is -2.34.